The Labute approximate surface area is 99.7 Å². The first-order chi connectivity index (χ1) is 7.75. The van der Waals surface area contributed by atoms with Crippen LogP contribution in [0, 0.1) is 0 Å². The number of ether oxygens (including phenoxy) is 2. The first-order valence-corrected chi connectivity index (χ1v) is 4.91. The largest absolute Gasteiger partial charge is 0.458 e. The van der Waals surface area contributed by atoms with Gasteiger partial charge in [0.25, 0.3) is 0 Å². The van der Waals surface area contributed by atoms with Crippen molar-refractivity contribution in [2.45, 2.75) is 20.1 Å². The Bertz CT molecular complexity index is 391. The third kappa shape index (κ3) is 3.48. The van der Waals surface area contributed by atoms with E-state index in [-0.39, 0.29) is 20.6 Å². The van der Waals surface area contributed by atoms with Crippen LogP contribution in [0.5, 0.6) is 0 Å². The van der Waals surface area contributed by atoms with Gasteiger partial charge in [-0.25, -0.2) is 9.59 Å². The third-order valence-electron chi connectivity index (χ3n) is 2.17. The fourth-order valence-corrected chi connectivity index (χ4v) is 1.34. The molecule has 1 aromatic rings. The van der Waals surface area contributed by atoms with Crippen LogP contribution in [0.2, 0.25) is 0 Å². The smallest absolute Gasteiger partial charge is 0.408 e. The standard InChI is InChI=1S/C11H11NO4.CH4/c13-10(9-6-12-11(14)16-9)15-7-8-4-2-1-3-5-8;/h1-5,9H,6-7H2,(H,12,14);1H4/t9-;/m1./s1. The van der Waals surface area contributed by atoms with Crippen LogP contribution in [0.1, 0.15) is 13.0 Å². The van der Waals surface area contributed by atoms with Crippen LogP contribution in [-0.4, -0.2) is 24.7 Å². The number of benzene rings is 1. The van der Waals surface area contributed by atoms with E-state index < -0.39 is 18.2 Å². The molecule has 17 heavy (non-hydrogen) atoms. The summed E-state index contributed by atoms with van der Waals surface area (Å²) in [5, 5.41) is 2.39. The highest BCUT2D eigenvalue weighted by molar-refractivity contribution is 5.82. The highest BCUT2D eigenvalue weighted by Crippen LogP contribution is 2.06. The summed E-state index contributed by atoms with van der Waals surface area (Å²) in [5.41, 5.74) is 0.896. The van der Waals surface area contributed by atoms with Crippen LogP contribution in [0.15, 0.2) is 30.3 Å². The number of nitrogens with one attached hydrogen (secondary N) is 1. The number of alkyl carbamates (subject to hydrolysis) is 1. The van der Waals surface area contributed by atoms with Gasteiger partial charge in [-0.15, -0.1) is 0 Å². The van der Waals surface area contributed by atoms with Crippen molar-refractivity contribution < 1.29 is 19.1 Å². The number of cyclic esters (lactones) is 1. The van der Waals surface area contributed by atoms with Gasteiger partial charge in [0, 0.05) is 0 Å². The summed E-state index contributed by atoms with van der Waals surface area (Å²) in [6.07, 6.45) is -1.40. The van der Waals surface area contributed by atoms with Crippen LogP contribution < -0.4 is 5.32 Å². The van der Waals surface area contributed by atoms with Gasteiger partial charge in [0.1, 0.15) is 6.61 Å². The molecule has 1 saturated heterocycles. The van der Waals surface area contributed by atoms with Gasteiger partial charge in [0.2, 0.25) is 6.10 Å². The zero-order valence-electron chi connectivity index (χ0n) is 8.51. The van der Waals surface area contributed by atoms with Gasteiger partial charge in [-0.2, -0.15) is 0 Å². The maximum absolute atomic E-state index is 11.4. The van der Waals surface area contributed by atoms with Crippen molar-refractivity contribution in [3.05, 3.63) is 35.9 Å². The van der Waals surface area contributed by atoms with Gasteiger partial charge < -0.3 is 14.8 Å². The van der Waals surface area contributed by atoms with Gasteiger partial charge in [-0.1, -0.05) is 37.8 Å². The maximum Gasteiger partial charge on any atom is 0.408 e. The molecular formula is C12H15NO4. The summed E-state index contributed by atoms with van der Waals surface area (Å²) in [6.45, 7) is 0.361. The molecule has 1 aromatic carbocycles. The SMILES string of the molecule is C.O=C1NC[C@H](C(=O)OCc2ccccc2)O1. The summed E-state index contributed by atoms with van der Waals surface area (Å²) in [4.78, 5) is 22.1. The molecule has 92 valence electrons. The molecule has 0 radical (unpaired) electrons. The fraction of sp³-hybridized carbons (Fsp3) is 0.333. The van der Waals surface area contributed by atoms with Gasteiger partial charge in [-0.3, -0.25) is 0 Å². The minimum Gasteiger partial charge on any atom is -0.458 e. The Kier molecular flexibility index (Phi) is 4.51. The Morgan fingerprint density at radius 1 is 1.41 bits per heavy atom. The molecular weight excluding hydrogens is 222 g/mol. The van der Waals surface area contributed by atoms with Crippen molar-refractivity contribution in [1.82, 2.24) is 5.32 Å². The van der Waals surface area contributed by atoms with Crippen LogP contribution in [0.3, 0.4) is 0 Å². The summed E-state index contributed by atoms with van der Waals surface area (Å²) in [6, 6.07) is 9.31. The Balaban J connectivity index is 0.00000144. The molecule has 1 aliphatic heterocycles. The summed E-state index contributed by atoms with van der Waals surface area (Å²) >= 11 is 0. The van der Waals surface area contributed by atoms with E-state index in [0.717, 1.165) is 5.56 Å². The van der Waals surface area contributed by atoms with Crippen molar-refractivity contribution in [2.75, 3.05) is 6.54 Å². The summed E-state index contributed by atoms with van der Waals surface area (Å²) in [5.74, 6) is -0.526. The first-order valence-electron chi connectivity index (χ1n) is 4.91. The molecule has 0 aromatic heterocycles. The molecule has 0 spiro atoms. The monoisotopic (exact) mass is 237 g/mol. The number of rotatable bonds is 3. The van der Waals surface area contributed by atoms with E-state index in [1.54, 1.807) is 0 Å². The topological polar surface area (TPSA) is 64.6 Å². The molecule has 1 atom stereocenters. The molecule has 1 amide bonds. The lowest BCUT2D eigenvalue weighted by Gasteiger charge is -2.08. The van der Waals surface area contributed by atoms with Crippen LogP contribution in [-0.2, 0) is 20.9 Å². The van der Waals surface area contributed by atoms with Crippen molar-refractivity contribution in [2.24, 2.45) is 0 Å². The highest BCUT2D eigenvalue weighted by Gasteiger charge is 2.30. The summed E-state index contributed by atoms with van der Waals surface area (Å²) in [7, 11) is 0. The lowest BCUT2D eigenvalue weighted by molar-refractivity contribution is -0.152. The average Bonchev–Trinajstić information content (AvgIpc) is 2.74. The van der Waals surface area contributed by atoms with Crippen molar-refractivity contribution in [3.8, 4) is 0 Å². The normalized spacial score (nSPS) is 17.6. The molecule has 1 N–H and O–H groups in total. The Hall–Kier alpha value is -2.04. The van der Waals surface area contributed by atoms with Crippen molar-refractivity contribution in [3.63, 3.8) is 0 Å². The first kappa shape index (κ1) is 13.0. The molecule has 1 heterocycles. The van der Waals surface area contributed by atoms with E-state index in [1.165, 1.54) is 0 Å². The van der Waals surface area contributed by atoms with E-state index in [2.05, 4.69) is 10.1 Å². The zero-order chi connectivity index (χ0) is 11.4. The van der Waals surface area contributed by atoms with E-state index in [9.17, 15) is 9.59 Å². The third-order valence-corrected chi connectivity index (χ3v) is 2.17. The zero-order valence-corrected chi connectivity index (χ0v) is 8.51. The fourth-order valence-electron chi connectivity index (χ4n) is 1.34. The number of carbonyl (C=O) groups excluding carboxylic acids is 2. The molecule has 0 aliphatic carbocycles. The molecule has 0 unspecified atom stereocenters. The number of hydrogen-bond acceptors (Lipinski definition) is 4. The predicted octanol–water partition coefficient (Wildman–Crippen LogP) is 1.47. The van der Waals surface area contributed by atoms with E-state index >= 15 is 0 Å². The van der Waals surface area contributed by atoms with E-state index in [4.69, 9.17) is 4.74 Å². The van der Waals surface area contributed by atoms with Crippen LogP contribution in [0.4, 0.5) is 4.79 Å². The molecule has 1 aliphatic rings. The van der Waals surface area contributed by atoms with E-state index in [1.807, 2.05) is 30.3 Å². The van der Waals surface area contributed by atoms with Gasteiger partial charge in [0.05, 0.1) is 6.54 Å². The van der Waals surface area contributed by atoms with E-state index in [0.29, 0.717) is 0 Å². The van der Waals surface area contributed by atoms with Crippen LogP contribution in [0.25, 0.3) is 0 Å². The Morgan fingerprint density at radius 2 is 2.12 bits per heavy atom. The van der Waals surface area contributed by atoms with Crippen molar-refractivity contribution in [1.29, 1.82) is 0 Å². The molecule has 1 fully saturated rings. The average molecular weight is 237 g/mol. The van der Waals surface area contributed by atoms with Gasteiger partial charge in [-0.05, 0) is 5.56 Å². The number of carbonyl (C=O) groups is 2. The maximum atomic E-state index is 11.4. The Morgan fingerprint density at radius 3 is 2.71 bits per heavy atom. The number of esters is 1. The molecule has 5 nitrogen and oxygen atoms in total. The second kappa shape index (κ2) is 5.89. The molecule has 0 saturated carbocycles. The van der Waals surface area contributed by atoms with Gasteiger partial charge >= 0.3 is 12.1 Å². The minimum absolute atomic E-state index is 0. The second-order valence-corrected chi connectivity index (χ2v) is 3.37. The molecule has 0 bridgehead atoms. The second-order valence-electron chi connectivity index (χ2n) is 3.37. The lowest BCUT2D eigenvalue weighted by Crippen LogP contribution is -2.26. The van der Waals surface area contributed by atoms with Crippen LogP contribution >= 0.6 is 0 Å². The van der Waals surface area contributed by atoms with Crippen molar-refractivity contribution >= 4 is 12.1 Å². The lowest BCUT2D eigenvalue weighted by atomic mass is 10.2. The molecule has 2 rings (SSSR count). The molecule has 5 heteroatoms. The highest BCUT2D eigenvalue weighted by atomic mass is 16.6. The number of hydrogen-bond donors (Lipinski definition) is 1. The minimum atomic E-state index is -0.823. The predicted molar refractivity (Wildman–Crippen MR) is 61.2 cm³/mol. The number of amides is 1. The summed E-state index contributed by atoms with van der Waals surface area (Å²) < 4.78 is 9.69. The van der Waals surface area contributed by atoms with Gasteiger partial charge in [0.15, 0.2) is 0 Å². The quantitative estimate of drug-likeness (QED) is 0.808.